The molecule has 1 atom stereocenters. The van der Waals surface area contributed by atoms with E-state index in [0.29, 0.717) is 28.3 Å². The molecule has 25 heavy (non-hydrogen) atoms. The van der Waals surface area contributed by atoms with Gasteiger partial charge in [0.1, 0.15) is 0 Å². The van der Waals surface area contributed by atoms with Crippen LogP contribution in [0.15, 0.2) is 35.7 Å². The third-order valence-corrected chi connectivity index (χ3v) is 5.25. The number of benzene rings is 1. The van der Waals surface area contributed by atoms with Crippen LogP contribution in [0.3, 0.4) is 0 Å². The van der Waals surface area contributed by atoms with Crippen molar-refractivity contribution in [3.8, 4) is 0 Å². The molecule has 3 heterocycles. The largest absolute Gasteiger partial charge is 0.376 e. The van der Waals surface area contributed by atoms with Crippen molar-refractivity contribution in [2.45, 2.75) is 18.9 Å². The molecule has 1 N–H and O–H groups in total. The number of fused-ring (bicyclic) bond motifs is 1. The van der Waals surface area contributed by atoms with Gasteiger partial charge in [-0.15, -0.1) is 11.3 Å². The zero-order valence-electron chi connectivity index (χ0n) is 13.4. The molecular weight excluding hydrogens is 340 g/mol. The Labute approximate surface area is 148 Å². The van der Waals surface area contributed by atoms with E-state index in [-0.39, 0.29) is 30.4 Å². The number of hydrogen-bond acceptors (Lipinski definition) is 5. The fourth-order valence-electron chi connectivity index (χ4n) is 3.13. The molecule has 4 rings (SSSR count). The van der Waals surface area contributed by atoms with Crippen molar-refractivity contribution in [1.82, 2.24) is 4.90 Å². The molecular formula is C18H16N2O4S. The minimum atomic E-state index is -0.331. The van der Waals surface area contributed by atoms with E-state index in [4.69, 9.17) is 4.74 Å². The Hall–Kier alpha value is -2.51. The Morgan fingerprint density at radius 2 is 2.08 bits per heavy atom. The van der Waals surface area contributed by atoms with Crippen LogP contribution in [0.1, 0.15) is 43.2 Å². The van der Waals surface area contributed by atoms with Crippen molar-refractivity contribution in [2.75, 3.05) is 18.5 Å². The Bertz CT molecular complexity index is 841. The first-order chi connectivity index (χ1) is 12.1. The number of rotatable bonds is 4. The van der Waals surface area contributed by atoms with Gasteiger partial charge in [-0.05, 0) is 42.5 Å². The molecule has 0 saturated carbocycles. The van der Waals surface area contributed by atoms with Crippen LogP contribution in [-0.4, -0.2) is 41.9 Å². The van der Waals surface area contributed by atoms with Crippen LogP contribution in [0.2, 0.25) is 0 Å². The lowest BCUT2D eigenvalue weighted by Crippen LogP contribution is -2.36. The average molecular weight is 356 g/mol. The minimum Gasteiger partial charge on any atom is -0.376 e. The van der Waals surface area contributed by atoms with Gasteiger partial charge in [-0.1, -0.05) is 6.07 Å². The van der Waals surface area contributed by atoms with Crippen LogP contribution < -0.4 is 5.32 Å². The predicted molar refractivity (Wildman–Crippen MR) is 93.1 cm³/mol. The number of nitrogens with one attached hydrogen (secondary N) is 1. The van der Waals surface area contributed by atoms with E-state index in [1.807, 2.05) is 5.38 Å². The topological polar surface area (TPSA) is 75.7 Å². The Morgan fingerprint density at radius 3 is 2.80 bits per heavy atom. The second kappa shape index (κ2) is 6.42. The molecule has 0 unspecified atom stereocenters. The molecule has 2 aliphatic heterocycles. The molecule has 1 fully saturated rings. The van der Waals surface area contributed by atoms with Crippen molar-refractivity contribution >= 4 is 34.7 Å². The van der Waals surface area contributed by atoms with Crippen molar-refractivity contribution in [2.24, 2.45) is 0 Å². The Morgan fingerprint density at radius 1 is 1.24 bits per heavy atom. The number of anilines is 1. The highest BCUT2D eigenvalue weighted by Gasteiger charge is 2.37. The standard InChI is InChI=1S/C18H16N2O4S/c21-16(15-4-2-8-25-15)19-11-5-6-13-14(9-11)18(23)20(17(13)22)10-12-3-1-7-24-12/h2,4-6,8-9,12H,1,3,7,10H2,(H,19,21)/t12-/m0/s1. The van der Waals surface area contributed by atoms with Crippen LogP contribution in [-0.2, 0) is 4.74 Å². The maximum atomic E-state index is 12.6. The fraction of sp³-hybridized carbons (Fsp3) is 0.278. The number of ether oxygens (including phenoxy) is 1. The quantitative estimate of drug-likeness (QED) is 0.855. The molecule has 0 bridgehead atoms. The minimum absolute atomic E-state index is 0.0831. The molecule has 0 spiro atoms. The SMILES string of the molecule is O=C(Nc1ccc2c(c1)C(=O)N(C[C@@H]1CCCO1)C2=O)c1cccs1. The fourth-order valence-corrected chi connectivity index (χ4v) is 3.75. The number of nitrogens with zero attached hydrogens (tertiary/aromatic N) is 1. The summed E-state index contributed by atoms with van der Waals surface area (Å²) in [6.45, 7) is 0.954. The summed E-state index contributed by atoms with van der Waals surface area (Å²) >= 11 is 1.34. The van der Waals surface area contributed by atoms with Gasteiger partial charge in [-0.25, -0.2) is 0 Å². The van der Waals surface area contributed by atoms with E-state index in [1.54, 1.807) is 30.3 Å². The van der Waals surface area contributed by atoms with Gasteiger partial charge in [0.05, 0.1) is 28.7 Å². The third-order valence-electron chi connectivity index (χ3n) is 4.38. The molecule has 0 aliphatic carbocycles. The number of thiophene rings is 1. The first-order valence-corrected chi connectivity index (χ1v) is 8.98. The third kappa shape index (κ3) is 2.96. The number of carbonyl (C=O) groups excluding carboxylic acids is 3. The predicted octanol–water partition coefficient (Wildman–Crippen LogP) is 2.78. The molecule has 7 heteroatoms. The van der Waals surface area contributed by atoms with Crippen molar-refractivity contribution in [3.63, 3.8) is 0 Å². The summed E-state index contributed by atoms with van der Waals surface area (Å²) in [5, 5.41) is 4.58. The first kappa shape index (κ1) is 16.0. The maximum Gasteiger partial charge on any atom is 0.265 e. The van der Waals surface area contributed by atoms with E-state index in [2.05, 4.69) is 5.32 Å². The average Bonchev–Trinajstić information content (AvgIpc) is 3.34. The number of hydrogen-bond donors (Lipinski definition) is 1. The highest BCUT2D eigenvalue weighted by Crippen LogP contribution is 2.27. The zero-order valence-corrected chi connectivity index (χ0v) is 14.2. The molecule has 6 nitrogen and oxygen atoms in total. The number of imide groups is 1. The van der Waals surface area contributed by atoms with E-state index < -0.39 is 0 Å². The maximum absolute atomic E-state index is 12.6. The van der Waals surface area contributed by atoms with Crippen molar-refractivity contribution < 1.29 is 19.1 Å². The summed E-state index contributed by atoms with van der Waals surface area (Å²) < 4.78 is 5.53. The lowest BCUT2D eigenvalue weighted by atomic mass is 10.1. The second-order valence-electron chi connectivity index (χ2n) is 6.05. The van der Waals surface area contributed by atoms with Crippen molar-refractivity contribution in [3.05, 3.63) is 51.7 Å². The molecule has 1 aromatic heterocycles. The zero-order chi connectivity index (χ0) is 17.4. The van der Waals surface area contributed by atoms with Crippen molar-refractivity contribution in [1.29, 1.82) is 0 Å². The van der Waals surface area contributed by atoms with Crippen LogP contribution in [0.5, 0.6) is 0 Å². The summed E-state index contributed by atoms with van der Waals surface area (Å²) in [5.74, 6) is -0.864. The number of carbonyl (C=O) groups is 3. The first-order valence-electron chi connectivity index (χ1n) is 8.10. The van der Waals surface area contributed by atoms with Gasteiger partial charge >= 0.3 is 0 Å². The monoisotopic (exact) mass is 356 g/mol. The molecule has 2 aromatic rings. The molecule has 3 amide bonds. The van der Waals surface area contributed by atoms with Gasteiger partial charge in [-0.3, -0.25) is 19.3 Å². The number of amides is 3. The molecule has 128 valence electrons. The van der Waals surface area contributed by atoms with Gasteiger partial charge < -0.3 is 10.1 Å². The van der Waals surface area contributed by atoms with Gasteiger partial charge in [0.15, 0.2) is 0 Å². The van der Waals surface area contributed by atoms with Crippen LogP contribution in [0, 0.1) is 0 Å². The lowest BCUT2D eigenvalue weighted by Gasteiger charge is -2.17. The highest BCUT2D eigenvalue weighted by molar-refractivity contribution is 7.12. The van der Waals surface area contributed by atoms with Gasteiger partial charge in [0.25, 0.3) is 17.7 Å². The molecule has 0 radical (unpaired) electrons. The summed E-state index contributed by atoms with van der Waals surface area (Å²) in [7, 11) is 0. The Balaban J connectivity index is 1.53. The molecule has 1 saturated heterocycles. The normalized spacial score (nSPS) is 19.4. The van der Waals surface area contributed by atoms with E-state index in [9.17, 15) is 14.4 Å². The van der Waals surface area contributed by atoms with Gasteiger partial charge in [0, 0.05) is 12.3 Å². The Kier molecular flexibility index (Phi) is 4.10. The van der Waals surface area contributed by atoms with E-state index in [0.717, 1.165) is 12.8 Å². The van der Waals surface area contributed by atoms with E-state index >= 15 is 0 Å². The highest BCUT2D eigenvalue weighted by atomic mass is 32.1. The van der Waals surface area contributed by atoms with Gasteiger partial charge in [0.2, 0.25) is 0 Å². The molecule has 2 aliphatic rings. The van der Waals surface area contributed by atoms with Gasteiger partial charge in [-0.2, -0.15) is 0 Å². The van der Waals surface area contributed by atoms with E-state index in [1.165, 1.54) is 16.2 Å². The van der Waals surface area contributed by atoms with Crippen LogP contribution in [0.4, 0.5) is 5.69 Å². The molecule has 1 aromatic carbocycles. The van der Waals surface area contributed by atoms with Crippen LogP contribution in [0.25, 0.3) is 0 Å². The second-order valence-corrected chi connectivity index (χ2v) is 7.00. The summed E-state index contributed by atoms with van der Waals surface area (Å²) in [4.78, 5) is 39.0. The summed E-state index contributed by atoms with van der Waals surface area (Å²) in [6.07, 6.45) is 1.72. The lowest BCUT2D eigenvalue weighted by molar-refractivity contribution is 0.0475. The summed E-state index contributed by atoms with van der Waals surface area (Å²) in [5.41, 5.74) is 1.20. The smallest absolute Gasteiger partial charge is 0.265 e. The van der Waals surface area contributed by atoms with Crippen LogP contribution >= 0.6 is 11.3 Å². The summed E-state index contributed by atoms with van der Waals surface area (Å²) in [6, 6.07) is 8.33.